The van der Waals surface area contributed by atoms with Crippen molar-refractivity contribution < 1.29 is 17.9 Å². The fraction of sp³-hybridized carbons (Fsp3) is 0.208. The number of carbonyl (C=O) groups excluding carboxylic acids is 1. The van der Waals surface area contributed by atoms with Gasteiger partial charge in [0.2, 0.25) is 5.91 Å². The van der Waals surface area contributed by atoms with Gasteiger partial charge in [0.25, 0.3) is 10.0 Å². The Morgan fingerprint density at radius 1 is 1.00 bits per heavy atom. The van der Waals surface area contributed by atoms with E-state index in [1.165, 1.54) is 17.0 Å². The van der Waals surface area contributed by atoms with Crippen molar-refractivity contribution in [3.05, 3.63) is 88.9 Å². The first-order valence-electron chi connectivity index (χ1n) is 9.94. The summed E-state index contributed by atoms with van der Waals surface area (Å²) >= 11 is 6.07. The first-order valence-corrected chi connectivity index (χ1v) is 11.8. The average Bonchev–Trinajstić information content (AvgIpc) is 2.78. The molecule has 3 aromatic rings. The SMILES string of the molecule is COc1ccccc1CN(C)C(=O)CN(c1ccc(Cl)cc1C)S(=O)(=O)c1ccccc1. The van der Waals surface area contributed by atoms with Crippen molar-refractivity contribution in [2.24, 2.45) is 0 Å². The number of nitrogens with zero attached hydrogens (tertiary/aromatic N) is 2. The number of sulfonamides is 1. The smallest absolute Gasteiger partial charge is 0.264 e. The van der Waals surface area contributed by atoms with Crippen LogP contribution in [-0.4, -0.2) is 39.9 Å². The van der Waals surface area contributed by atoms with Crippen LogP contribution in [0.2, 0.25) is 5.02 Å². The van der Waals surface area contributed by atoms with Gasteiger partial charge in [0, 0.05) is 24.2 Å². The topological polar surface area (TPSA) is 66.9 Å². The van der Waals surface area contributed by atoms with E-state index in [0.717, 1.165) is 9.87 Å². The fourth-order valence-electron chi connectivity index (χ4n) is 3.34. The number of hydrogen-bond acceptors (Lipinski definition) is 4. The van der Waals surface area contributed by atoms with Gasteiger partial charge in [-0.05, 0) is 48.9 Å². The summed E-state index contributed by atoms with van der Waals surface area (Å²) in [6.07, 6.45) is 0. The molecule has 0 fully saturated rings. The Morgan fingerprint density at radius 2 is 1.66 bits per heavy atom. The van der Waals surface area contributed by atoms with Crippen LogP contribution in [0.3, 0.4) is 0 Å². The van der Waals surface area contributed by atoms with Crippen molar-refractivity contribution in [1.82, 2.24) is 4.90 Å². The summed E-state index contributed by atoms with van der Waals surface area (Å²) in [6.45, 7) is 1.69. The largest absolute Gasteiger partial charge is 0.496 e. The quantitative estimate of drug-likeness (QED) is 0.483. The summed E-state index contributed by atoms with van der Waals surface area (Å²) in [6, 6.07) is 20.4. The number of anilines is 1. The second-order valence-corrected chi connectivity index (χ2v) is 9.62. The number of halogens is 1. The normalized spacial score (nSPS) is 11.1. The molecule has 32 heavy (non-hydrogen) atoms. The van der Waals surface area contributed by atoms with E-state index in [0.29, 0.717) is 22.0 Å². The Kier molecular flexibility index (Phi) is 7.43. The molecule has 1 amide bonds. The number of amides is 1. The Labute approximate surface area is 194 Å². The van der Waals surface area contributed by atoms with E-state index in [2.05, 4.69) is 0 Å². The molecular formula is C24H25ClN2O4S. The lowest BCUT2D eigenvalue weighted by Crippen LogP contribution is -2.41. The Balaban J connectivity index is 1.94. The highest BCUT2D eigenvalue weighted by Crippen LogP contribution is 2.29. The molecule has 6 nitrogen and oxygen atoms in total. The van der Waals surface area contributed by atoms with Gasteiger partial charge in [0.15, 0.2) is 0 Å². The average molecular weight is 473 g/mol. The molecular weight excluding hydrogens is 448 g/mol. The van der Waals surface area contributed by atoms with Crippen LogP contribution in [0.15, 0.2) is 77.7 Å². The lowest BCUT2D eigenvalue weighted by molar-refractivity contribution is -0.128. The van der Waals surface area contributed by atoms with Crippen molar-refractivity contribution in [2.45, 2.75) is 18.4 Å². The van der Waals surface area contributed by atoms with Gasteiger partial charge in [0.05, 0.1) is 17.7 Å². The summed E-state index contributed by atoms with van der Waals surface area (Å²) in [5.74, 6) is 0.305. The van der Waals surface area contributed by atoms with Crippen LogP contribution in [-0.2, 0) is 21.4 Å². The first-order chi connectivity index (χ1) is 15.2. The number of likely N-dealkylation sites (N-methyl/N-ethyl adjacent to an activating group) is 1. The highest BCUT2D eigenvalue weighted by Gasteiger charge is 2.29. The molecule has 3 rings (SSSR count). The molecule has 0 aliphatic heterocycles. The second kappa shape index (κ2) is 10.1. The minimum absolute atomic E-state index is 0.106. The van der Waals surface area contributed by atoms with Crippen molar-refractivity contribution in [3.8, 4) is 5.75 Å². The molecule has 168 valence electrons. The number of ether oxygens (including phenoxy) is 1. The minimum atomic E-state index is -3.99. The maximum Gasteiger partial charge on any atom is 0.264 e. The van der Waals surface area contributed by atoms with E-state index in [-0.39, 0.29) is 23.9 Å². The van der Waals surface area contributed by atoms with E-state index >= 15 is 0 Å². The Bertz CT molecular complexity index is 1200. The number of carbonyl (C=O) groups is 1. The van der Waals surface area contributed by atoms with Crippen LogP contribution in [0.5, 0.6) is 5.75 Å². The molecule has 0 N–H and O–H groups in total. The standard InChI is InChI=1S/C24H25ClN2O4S/c1-18-15-20(25)13-14-22(18)27(32(29,30)21-10-5-4-6-11-21)17-24(28)26(2)16-19-9-7-8-12-23(19)31-3/h4-15H,16-17H2,1-3H3. The molecule has 0 saturated heterocycles. The molecule has 0 aliphatic rings. The third kappa shape index (κ3) is 5.23. The number of benzene rings is 3. The lowest BCUT2D eigenvalue weighted by Gasteiger charge is -2.28. The molecule has 0 unspecified atom stereocenters. The molecule has 0 spiro atoms. The first kappa shape index (κ1) is 23.6. The molecule has 0 saturated carbocycles. The summed E-state index contributed by atoms with van der Waals surface area (Å²) in [5.41, 5.74) is 1.88. The molecule has 0 radical (unpaired) electrons. The zero-order valence-corrected chi connectivity index (χ0v) is 19.7. The highest BCUT2D eigenvalue weighted by atomic mass is 35.5. The number of hydrogen-bond donors (Lipinski definition) is 0. The fourth-order valence-corrected chi connectivity index (χ4v) is 5.07. The lowest BCUT2D eigenvalue weighted by atomic mass is 10.2. The van der Waals surface area contributed by atoms with Gasteiger partial charge in [0.1, 0.15) is 12.3 Å². The number of rotatable bonds is 8. The van der Waals surface area contributed by atoms with Crippen molar-refractivity contribution in [1.29, 1.82) is 0 Å². The van der Waals surface area contributed by atoms with Crippen LogP contribution in [0.4, 0.5) is 5.69 Å². The molecule has 0 aliphatic carbocycles. The molecule has 0 atom stereocenters. The summed E-state index contributed by atoms with van der Waals surface area (Å²) in [4.78, 5) is 14.7. The molecule has 8 heteroatoms. The van der Waals surface area contributed by atoms with Crippen LogP contribution in [0.1, 0.15) is 11.1 Å². The molecule has 0 heterocycles. The van der Waals surface area contributed by atoms with E-state index in [4.69, 9.17) is 16.3 Å². The van der Waals surface area contributed by atoms with Crippen molar-refractivity contribution in [3.63, 3.8) is 0 Å². The van der Waals surface area contributed by atoms with Gasteiger partial charge in [-0.25, -0.2) is 8.42 Å². The van der Waals surface area contributed by atoms with Gasteiger partial charge in [-0.1, -0.05) is 48.0 Å². The number of methoxy groups -OCH3 is 1. The van der Waals surface area contributed by atoms with E-state index in [9.17, 15) is 13.2 Å². The molecule has 0 aromatic heterocycles. The van der Waals surface area contributed by atoms with Gasteiger partial charge in [-0.2, -0.15) is 0 Å². The van der Waals surface area contributed by atoms with Gasteiger partial charge in [-0.15, -0.1) is 0 Å². The van der Waals surface area contributed by atoms with Crippen molar-refractivity contribution in [2.75, 3.05) is 25.0 Å². The maximum absolute atomic E-state index is 13.5. The molecule has 0 bridgehead atoms. The van der Waals surface area contributed by atoms with Gasteiger partial charge < -0.3 is 9.64 Å². The summed E-state index contributed by atoms with van der Waals surface area (Å²) in [7, 11) is -0.782. The minimum Gasteiger partial charge on any atom is -0.496 e. The van der Waals surface area contributed by atoms with E-state index in [1.807, 2.05) is 24.3 Å². The monoisotopic (exact) mass is 472 g/mol. The second-order valence-electron chi connectivity index (χ2n) is 7.32. The molecule has 3 aromatic carbocycles. The van der Waals surface area contributed by atoms with Gasteiger partial charge in [-0.3, -0.25) is 9.10 Å². The maximum atomic E-state index is 13.5. The van der Waals surface area contributed by atoms with Crippen LogP contribution in [0.25, 0.3) is 0 Å². The Morgan fingerprint density at radius 3 is 2.31 bits per heavy atom. The van der Waals surface area contributed by atoms with Crippen molar-refractivity contribution >= 4 is 33.2 Å². The van der Waals surface area contributed by atoms with Crippen LogP contribution < -0.4 is 9.04 Å². The van der Waals surface area contributed by atoms with E-state index < -0.39 is 10.0 Å². The third-order valence-electron chi connectivity index (χ3n) is 5.06. The summed E-state index contributed by atoms with van der Waals surface area (Å²) in [5, 5.41) is 0.489. The van der Waals surface area contributed by atoms with E-state index in [1.54, 1.807) is 57.5 Å². The zero-order chi connectivity index (χ0) is 23.3. The predicted octanol–water partition coefficient (Wildman–Crippen LogP) is 4.51. The van der Waals surface area contributed by atoms with Gasteiger partial charge >= 0.3 is 0 Å². The number of aryl methyl sites for hydroxylation is 1. The third-order valence-corrected chi connectivity index (χ3v) is 7.07. The number of para-hydroxylation sites is 1. The summed E-state index contributed by atoms with van der Waals surface area (Å²) < 4.78 is 33.5. The van der Waals surface area contributed by atoms with Crippen LogP contribution >= 0.6 is 11.6 Å². The van der Waals surface area contributed by atoms with Crippen LogP contribution in [0, 0.1) is 6.92 Å². The Hall–Kier alpha value is -3.03. The highest BCUT2D eigenvalue weighted by molar-refractivity contribution is 7.92. The predicted molar refractivity (Wildman–Crippen MR) is 127 cm³/mol. The zero-order valence-electron chi connectivity index (χ0n) is 18.2.